The lowest BCUT2D eigenvalue weighted by Gasteiger charge is -2.35. The standard InChI is InChI=1S/C25H31N3O4/c1-17(26-18(2)29)14-30-22-11-20(12-22)16-32-25-27-23-10-9-21(13-24(23)28(25)3)31-15-19-7-5-4-6-8-19/h4-10,13,17,20,22H,11-12,14-16H2,1-3H3,(H,26,29)/t17-,20-,22-/m0/s1. The maximum Gasteiger partial charge on any atom is 0.297 e. The van der Waals surface area contributed by atoms with Crippen molar-refractivity contribution in [3.63, 3.8) is 0 Å². The lowest BCUT2D eigenvalue weighted by atomic mass is 9.83. The van der Waals surface area contributed by atoms with Gasteiger partial charge in [0.2, 0.25) is 5.91 Å². The number of amides is 1. The van der Waals surface area contributed by atoms with Gasteiger partial charge in [0.15, 0.2) is 0 Å². The lowest BCUT2D eigenvalue weighted by molar-refractivity contribution is -0.120. The van der Waals surface area contributed by atoms with Gasteiger partial charge in [0, 0.05) is 26.1 Å². The minimum Gasteiger partial charge on any atom is -0.489 e. The van der Waals surface area contributed by atoms with Crippen molar-refractivity contribution in [2.45, 2.75) is 45.4 Å². The molecule has 7 nitrogen and oxygen atoms in total. The van der Waals surface area contributed by atoms with E-state index >= 15 is 0 Å². The molecule has 1 aliphatic carbocycles. The van der Waals surface area contributed by atoms with Gasteiger partial charge in [-0.1, -0.05) is 30.3 Å². The summed E-state index contributed by atoms with van der Waals surface area (Å²) in [5.74, 6) is 1.24. The van der Waals surface area contributed by atoms with Crippen LogP contribution in [0, 0.1) is 5.92 Å². The van der Waals surface area contributed by atoms with E-state index in [2.05, 4.69) is 10.3 Å². The van der Waals surface area contributed by atoms with E-state index in [9.17, 15) is 4.79 Å². The van der Waals surface area contributed by atoms with E-state index in [4.69, 9.17) is 14.2 Å². The first-order valence-electron chi connectivity index (χ1n) is 11.1. The molecule has 32 heavy (non-hydrogen) atoms. The molecule has 1 fully saturated rings. The SMILES string of the molecule is CC(=O)N[C@@H](C)CO[C@H]1C[C@H](COc2nc3ccc(OCc4ccccc4)cc3n2C)C1. The highest BCUT2D eigenvalue weighted by molar-refractivity contribution is 5.78. The maximum absolute atomic E-state index is 11.1. The van der Waals surface area contributed by atoms with Crippen molar-refractivity contribution < 1.29 is 19.0 Å². The average molecular weight is 438 g/mol. The molecule has 1 amide bonds. The van der Waals surface area contributed by atoms with Gasteiger partial charge in [-0.25, -0.2) is 0 Å². The zero-order valence-electron chi connectivity index (χ0n) is 18.9. The molecule has 1 N–H and O–H groups in total. The Balaban J connectivity index is 1.25. The zero-order chi connectivity index (χ0) is 22.5. The molecule has 1 aromatic heterocycles. The fourth-order valence-electron chi connectivity index (χ4n) is 3.92. The molecule has 7 heteroatoms. The van der Waals surface area contributed by atoms with Crippen LogP contribution in [0.25, 0.3) is 11.0 Å². The van der Waals surface area contributed by atoms with E-state index in [0.29, 0.717) is 31.7 Å². The Morgan fingerprint density at radius 1 is 1.19 bits per heavy atom. The van der Waals surface area contributed by atoms with Crippen LogP contribution in [0.2, 0.25) is 0 Å². The fourth-order valence-corrected chi connectivity index (χ4v) is 3.92. The Kier molecular flexibility index (Phi) is 6.95. The monoisotopic (exact) mass is 437 g/mol. The fraction of sp³-hybridized carbons (Fsp3) is 0.440. The molecule has 2 aromatic carbocycles. The highest BCUT2D eigenvalue weighted by Gasteiger charge is 2.31. The summed E-state index contributed by atoms with van der Waals surface area (Å²) in [6.07, 6.45) is 2.17. The number of aromatic nitrogens is 2. The summed E-state index contributed by atoms with van der Waals surface area (Å²) in [5, 5.41) is 2.83. The normalized spacial score (nSPS) is 18.7. The Morgan fingerprint density at radius 3 is 2.72 bits per heavy atom. The third-order valence-electron chi connectivity index (χ3n) is 5.73. The molecule has 0 radical (unpaired) electrons. The number of aryl methyl sites for hydroxylation is 1. The van der Waals surface area contributed by atoms with Crippen molar-refractivity contribution >= 4 is 16.9 Å². The highest BCUT2D eigenvalue weighted by atomic mass is 16.5. The van der Waals surface area contributed by atoms with Crippen molar-refractivity contribution in [1.29, 1.82) is 0 Å². The second-order valence-electron chi connectivity index (χ2n) is 8.58. The summed E-state index contributed by atoms with van der Waals surface area (Å²) < 4.78 is 19.8. The van der Waals surface area contributed by atoms with Crippen LogP contribution < -0.4 is 14.8 Å². The third kappa shape index (κ3) is 5.59. The summed E-state index contributed by atoms with van der Waals surface area (Å²) >= 11 is 0. The smallest absolute Gasteiger partial charge is 0.297 e. The van der Waals surface area contributed by atoms with E-state index in [0.717, 1.165) is 35.2 Å². The van der Waals surface area contributed by atoms with Crippen LogP contribution >= 0.6 is 0 Å². The summed E-state index contributed by atoms with van der Waals surface area (Å²) in [4.78, 5) is 15.7. The summed E-state index contributed by atoms with van der Waals surface area (Å²) in [5.41, 5.74) is 3.00. The van der Waals surface area contributed by atoms with E-state index in [1.54, 1.807) is 0 Å². The number of imidazole rings is 1. The molecule has 170 valence electrons. The van der Waals surface area contributed by atoms with Crippen LogP contribution in [0.4, 0.5) is 0 Å². The van der Waals surface area contributed by atoms with Crippen LogP contribution in [-0.4, -0.2) is 40.8 Å². The molecule has 0 saturated heterocycles. The highest BCUT2D eigenvalue weighted by Crippen LogP contribution is 2.31. The Labute approximate surface area is 188 Å². The lowest BCUT2D eigenvalue weighted by Crippen LogP contribution is -2.40. The zero-order valence-corrected chi connectivity index (χ0v) is 18.9. The number of carbonyl (C=O) groups excluding carboxylic acids is 1. The third-order valence-corrected chi connectivity index (χ3v) is 5.73. The molecule has 0 unspecified atom stereocenters. The Morgan fingerprint density at radius 2 is 1.97 bits per heavy atom. The molecule has 1 aliphatic rings. The predicted molar refractivity (Wildman–Crippen MR) is 123 cm³/mol. The van der Waals surface area contributed by atoms with Gasteiger partial charge in [0.1, 0.15) is 12.4 Å². The van der Waals surface area contributed by atoms with E-state index < -0.39 is 0 Å². The Bertz CT molecular complexity index is 1040. The van der Waals surface area contributed by atoms with Crippen molar-refractivity contribution in [2.24, 2.45) is 13.0 Å². The molecule has 0 aliphatic heterocycles. The molecule has 0 bridgehead atoms. The molecule has 1 heterocycles. The summed E-state index contributed by atoms with van der Waals surface area (Å²) in [6, 6.07) is 16.7. The molecular weight excluding hydrogens is 406 g/mol. The number of hydrogen-bond acceptors (Lipinski definition) is 5. The summed E-state index contributed by atoms with van der Waals surface area (Å²) in [7, 11) is 1.96. The molecule has 1 saturated carbocycles. The van der Waals surface area contributed by atoms with Crippen LogP contribution in [0.5, 0.6) is 11.8 Å². The quantitative estimate of drug-likeness (QED) is 0.522. The number of nitrogens with one attached hydrogen (secondary N) is 1. The van der Waals surface area contributed by atoms with Gasteiger partial charge in [-0.2, -0.15) is 4.98 Å². The number of fused-ring (bicyclic) bond motifs is 1. The number of carbonyl (C=O) groups is 1. The molecule has 0 spiro atoms. The van der Waals surface area contributed by atoms with Crippen LogP contribution in [0.1, 0.15) is 32.3 Å². The van der Waals surface area contributed by atoms with Gasteiger partial charge in [0.05, 0.1) is 30.4 Å². The van der Waals surface area contributed by atoms with Crippen molar-refractivity contribution in [3.05, 3.63) is 54.1 Å². The van der Waals surface area contributed by atoms with Crippen LogP contribution in [0.3, 0.4) is 0 Å². The van der Waals surface area contributed by atoms with Crippen molar-refractivity contribution in [1.82, 2.24) is 14.9 Å². The molecule has 3 aromatic rings. The first kappa shape index (κ1) is 22.1. The van der Waals surface area contributed by atoms with Gasteiger partial charge in [0.25, 0.3) is 6.01 Å². The van der Waals surface area contributed by atoms with E-state index in [-0.39, 0.29) is 18.1 Å². The van der Waals surface area contributed by atoms with Gasteiger partial charge >= 0.3 is 0 Å². The maximum atomic E-state index is 11.1. The summed E-state index contributed by atoms with van der Waals surface area (Å²) in [6.45, 7) is 5.16. The largest absolute Gasteiger partial charge is 0.489 e. The first-order valence-corrected chi connectivity index (χ1v) is 11.1. The van der Waals surface area contributed by atoms with Crippen LogP contribution in [-0.2, 0) is 23.2 Å². The van der Waals surface area contributed by atoms with Gasteiger partial charge in [-0.05, 0) is 43.4 Å². The van der Waals surface area contributed by atoms with Crippen molar-refractivity contribution in [2.75, 3.05) is 13.2 Å². The van der Waals surface area contributed by atoms with Crippen molar-refractivity contribution in [3.8, 4) is 11.8 Å². The first-order chi connectivity index (χ1) is 15.5. The number of rotatable bonds is 10. The minimum absolute atomic E-state index is 0.0293. The number of ether oxygens (including phenoxy) is 3. The van der Waals surface area contributed by atoms with E-state index in [1.165, 1.54) is 6.92 Å². The minimum atomic E-state index is -0.0293. The predicted octanol–water partition coefficient (Wildman–Crippen LogP) is 3.85. The number of benzene rings is 2. The molecular formula is C25H31N3O4. The number of hydrogen-bond donors (Lipinski definition) is 1. The average Bonchev–Trinajstić information content (AvgIpc) is 3.06. The topological polar surface area (TPSA) is 74.6 Å². The van der Waals surface area contributed by atoms with Gasteiger partial charge < -0.3 is 19.5 Å². The second-order valence-corrected chi connectivity index (χ2v) is 8.58. The van der Waals surface area contributed by atoms with E-state index in [1.807, 2.05) is 67.1 Å². The van der Waals surface area contributed by atoms with Gasteiger partial charge in [-0.3, -0.25) is 9.36 Å². The Hall–Kier alpha value is -3.06. The molecule has 1 atom stereocenters. The molecule has 4 rings (SSSR count). The number of nitrogens with zero attached hydrogens (tertiary/aromatic N) is 2. The second kappa shape index (κ2) is 10.0. The van der Waals surface area contributed by atoms with Gasteiger partial charge in [-0.15, -0.1) is 0 Å². The van der Waals surface area contributed by atoms with Crippen LogP contribution in [0.15, 0.2) is 48.5 Å².